The van der Waals surface area contributed by atoms with Crippen LogP contribution in [0, 0.1) is 0 Å². The topological polar surface area (TPSA) is 78.4 Å². The molecule has 140 valence electrons. The van der Waals surface area contributed by atoms with E-state index in [0.717, 1.165) is 17.2 Å². The SMILES string of the molecule is CCOC(=O)C(CC(=O)c1ccc(OC)c(Cl)c1)c1ccc2nsnc2c1. The maximum absolute atomic E-state index is 12.8. The number of halogens is 1. The Kier molecular flexibility index (Phi) is 6.03. The fourth-order valence-corrected chi connectivity index (χ4v) is 3.51. The number of benzene rings is 2. The molecular weight excluding hydrogens is 388 g/mol. The number of carbonyl (C=O) groups excluding carboxylic acids is 2. The number of esters is 1. The highest BCUT2D eigenvalue weighted by atomic mass is 35.5. The van der Waals surface area contributed by atoms with Crippen LogP contribution in [0.2, 0.25) is 5.02 Å². The lowest BCUT2D eigenvalue weighted by Crippen LogP contribution is -2.19. The minimum atomic E-state index is -0.732. The monoisotopic (exact) mass is 404 g/mol. The number of fused-ring (bicyclic) bond motifs is 1. The van der Waals surface area contributed by atoms with E-state index < -0.39 is 11.9 Å². The lowest BCUT2D eigenvalue weighted by atomic mass is 9.91. The molecule has 1 atom stereocenters. The van der Waals surface area contributed by atoms with Crippen molar-refractivity contribution in [2.24, 2.45) is 0 Å². The van der Waals surface area contributed by atoms with Gasteiger partial charge in [-0.3, -0.25) is 9.59 Å². The summed E-state index contributed by atoms with van der Waals surface area (Å²) in [6.45, 7) is 1.96. The Bertz CT molecular complexity index is 989. The third-order valence-electron chi connectivity index (χ3n) is 4.11. The highest BCUT2D eigenvalue weighted by Crippen LogP contribution is 2.29. The van der Waals surface area contributed by atoms with Crippen molar-refractivity contribution in [2.45, 2.75) is 19.3 Å². The molecule has 0 saturated heterocycles. The van der Waals surface area contributed by atoms with Crippen LogP contribution in [0.5, 0.6) is 5.75 Å². The van der Waals surface area contributed by atoms with E-state index >= 15 is 0 Å². The van der Waals surface area contributed by atoms with Gasteiger partial charge in [0.15, 0.2) is 5.78 Å². The molecule has 6 nitrogen and oxygen atoms in total. The first-order valence-electron chi connectivity index (χ1n) is 8.29. The van der Waals surface area contributed by atoms with Gasteiger partial charge in [0.2, 0.25) is 0 Å². The average Bonchev–Trinajstić information content (AvgIpc) is 3.13. The van der Waals surface area contributed by atoms with Gasteiger partial charge >= 0.3 is 5.97 Å². The second kappa shape index (κ2) is 8.45. The molecule has 0 radical (unpaired) electrons. The number of ketones is 1. The Balaban J connectivity index is 1.90. The summed E-state index contributed by atoms with van der Waals surface area (Å²) in [5, 5.41) is 0.339. The van der Waals surface area contributed by atoms with E-state index in [1.54, 1.807) is 43.3 Å². The van der Waals surface area contributed by atoms with Crippen molar-refractivity contribution in [3.05, 3.63) is 52.5 Å². The first kappa shape index (κ1) is 19.3. The Labute approximate surface area is 165 Å². The molecule has 0 spiro atoms. The van der Waals surface area contributed by atoms with E-state index in [-0.39, 0.29) is 18.8 Å². The maximum atomic E-state index is 12.8. The molecule has 0 aliphatic heterocycles. The van der Waals surface area contributed by atoms with E-state index in [4.69, 9.17) is 21.1 Å². The third-order valence-corrected chi connectivity index (χ3v) is 4.97. The third kappa shape index (κ3) is 4.26. The highest BCUT2D eigenvalue weighted by Gasteiger charge is 2.26. The molecule has 0 aliphatic rings. The quantitative estimate of drug-likeness (QED) is 0.432. The summed E-state index contributed by atoms with van der Waals surface area (Å²) >= 11 is 7.21. The number of hydrogen-bond acceptors (Lipinski definition) is 7. The van der Waals surface area contributed by atoms with Gasteiger partial charge in [-0.15, -0.1) is 0 Å². The van der Waals surface area contributed by atoms with E-state index in [9.17, 15) is 9.59 Å². The second-order valence-electron chi connectivity index (χ2n) is 5.79. The molecule has 3 aromatic rings. The molecule has 1 heterocycles. The molecule has 0 bridgehead atoms. The number of carbonyl (C=O) groups is 2. The number of aromatic nitrogens is 2. The van der Waals surface area contributed by atoms with Gasteiger partial charge in [0.05, 0.1) is 36.4 Å². The second-order valence-corrected chi connectivity index (χ2v) is 6.73. The van der Waals surface area contributed by atoms with Crippen LogP contribution < -0.4 is 4.74 Å². The summed E-state index contributed by atoms with van der Waals surface area (Å²) in [6, 6.07) is 10.1. The van der Waals surface area contributed by atoms with Gasteiger partial charge in [-0.05, 0) is 42.8 Å². The van der Waals surface area contributed by atoms with Crippen LogP contribution in [0.25, 0.3) is 11.0 Å². The summed E-state index contributed by atoms with van der Waals surface area (Å²) in [5.41, 5.74) is 2.51. The van der Waals surface area contributed by atoms with Crippen molar-refractivity contribution >= 4 is 46.1 Å². The summed E-state index contributed by atoms with van der Waals surface area (Å²) < 4.78 is 18.6. The predicted octanol–water partition coefficient (Wildman–Crippen LogP) is 4.27. The number of nitrogens with zero attached hydrogens (tertiary/aromatic N) is 2. The number of methoxy groups -OCH3 is 1. The molecule has 3 rings (SSSR count). The van der Waals surface area contributed by atoms with Gasteiger partial charge in [-0.1, -0.05) is 17.7 Å². The largest absolute Gasteiger partial charge is 0.495 e. The predicted molar refractivity (Wildman–Crippen MR) is 104 cm³/mol. The van der Waals surface area contributed by atoms with Crippen molar-refractivity contribution in [1.82, 2.24) is 8.75 Å². The zero-order valence-corrected chi connectivity index (χ0v) is 16.3. The van der Waals surface area contributed by atoms with Gasteiger partial charge in [0, 0.05) is 12.0 Å². The van der Waals surface area contributed by atoms with E-state index in [2.05, 4.69) is 8.75 Å². The summed E-state index contributed by atoms with van der Waals surface area (Å²) in [6.07, 6.45) is -0.0371. The van der Waals surface area contributed by atoms with E-state index in [1.165, 1.54) is 7.11 Å². The molecular formula is C19H17ClN2O4S. The van der Waals surface area contributed by atoms with Crippen LogP contribution >= 0.6 is 23.3 Å². The first-order chi connectivity index (χ1) is 13.0. The van der Waals surface area contributed by atoms with Gasteiger partial charge in [-0.2, -0.15) is 8.75 Å². The van der Waals surface area contributed by atoms with Crippen LogP contribution in [0.4, 0.5) is 0 Å². The normalized spacial score (nSPS) is 12.0. The highest BCUT2D eigenvalue weighted by molar-refractivity contribution is 7.00. The molecule has 0 N–H and O–H groups in total. The van der Waals surface area contributed by atoms with Crippen LogP contribution in [-0.4, -0.2) is 34.2 Å². The molecule has 1 aromatic heterocycles. The van der Waals surface area contributed by atoms with Crippen LogP contribution in [-0.2, 0) is 9.53 Å². The van der Waals surface area contributed by atoms with Crippen molar-refractivity contribution in [2.75, 3.05) is 13.7 Å². The minimum absolute atomic E-state index is 0.0371. The summed E-state index contributed by atoms with van der Waals surface area (Å²) in [5.74, 6) is -0.914. The van der Waals surface area contributed by atoms with Crippen molar-refractivity contribution in [1.29, 1.82) is 0 Å². The van der Waals surface area contributed by atoms with Gasteiger partial charge in [0.1, 0.15) is 16.8 Å². The van der Waals surface area contributed by atoms with Crippen LogP contribution in [0.3, 0.4) is 0 Å². The molecule has 2 aromatic carbocycles. The number of ether oxygens (including phenoxy) is 2. The Morgan fingerprint density at radius 2 is 1.93 bits per heavy atom. The number of hydrogen-bond donors (Lipinski definition) is 0. The van der Waals surface area contributed by atoms with Gasteiger partial charge in [-0.25, -0.2) is 0 Å². The van der Waals surface area contributed by atoms with Crippen LogP contribution in [0.15, 0.2) is 36.4 Å². The molecule has 0 fully saturated rings. The molecule has 0 saturated carbocycles. The lowest BCUT2D eigenvalue weighted by Gasteiger charge is -2.16. The van der Waals surface area contributed by atoms with Gasteiger partial charge in [0.25, 0.3) is 0 Å². The lowest BCUT2D eigenvalue weighted by molar-refractivity contribution is -0.144. The Morgan fingerprint density at radius 1 is 1.15 bits per heavy atom. The van der Waals surface area contributed by atoms with E-state index in [1.807, 2.05) is 0 Å². The Morgan fingerprint density at radius 3 is 2.63 bits per heavy atom. The van der Waals surface area contributed by atoms with Crippen molar-refractivity contribution in [3.8, 4) is 5.75 Å². The van der Waals surface area contributed by atoms with Crippen molar-refractivity contribution < 1.29 is 19.1 Å². The standard InChI is InChI=1S/C19H17ClN2O4S/c1-3-26-19(24)13(11-4-6-15-16(9-11)22-27-21-15)10-17(23)12-5-7-18(25-2)14(20)8-12/h4-9,13H,3,10H2,1-2H3. The molecule has 27 heavy (non-hydrogen) atoms. The molecule has 8 heteroatoms. The number of rotatable bonds is 7. The molecule has 1 unspecified atom stereocenters. The zero-order chi connectivity index (χ0) is 19.4. The zero-order valence-electron chi connectivity index (χ0n) is 14.8. The summed E-state index contributed by atoms with van der Waals surface area (Å²) in [4.78, 5) is 25.3. The van der Waals surface area contributed by atoms with Crippen LogP contribution in [0.1, 0.15) is 35.2 Å². The smallest absolute Gasteiger partial charge is 0.313 e. The maximum Gasteiger partial charge on any atom is 0.313 e. The fraction of sp³-hybridized carbons (Fsp3) is 0.263. The molecule has 0 amide bonds. The number of Topliss-reactive ketones (excluding diaryl/α,β-unsaturated/α-hetero) is 1. The fourth-order valence-electron chi connectivity index (χ4n) is 2.74. The molecule has 0 aliphatic carbocycles. The van der Waals surface area contributed by atoms with Crippen molar-refractivity contribution in [3.63, 3.8) is 0 Å². The average molecular weight is 405 g/mol. The Hall–Kier alpha value is -2.51. The van der Waals surface area contributed by atoms with E-state index in [0.29, 0.717) is 27.4 Å². The minimum Gasteiger partial charge on any atom is -0.495 e. The summed E-state index contributed by atoms with van der Waals surface area (Å²) in [7, 11) is 1.50. The van der Waals surface area contributed by atoms with Gasteiger partial charge < -0.3 is 9.47 Å². The first-order valence-corrected chi connectivity index (χ1v) is 9.40.